The summed E-state index contributed by atoms with van der Waals surface area (Å²) in [7, 11) is 0. The van der Waals surface area contributed by atoms with Crippen LogP contribution in [0.1, 0.15) is 43.0 Å². The summed E-state index contributed by atoms with van der Waals surface area (Å²) in [6.07, 6.45) is 3.63. The molecule has 2 saturated heterocycles. The zero-order chi connectivity index (χ0) is 15.5. The van der Waals surface area contributed by atoms with Gasteiger partial charge in [0, 0.05) is 36.3 Å². The molecule has 2 aliphatic rings. The van der Waals surface area contributed by atoms with Crippen LogP contribution in [0.3, 0.4) is 0 Å². The highest BCUT2D eigenvalue weighted by atomic mass is 35.5. The molecule has 0 saturated carbocycles. The van der Waals surface area contributed by atoms with E-state index < -0.39 is 0 Å². The van der Waals surface area contributed by atoms with Crippen molar-refractivity contribution in [2.45, 2.75) is 44.7 Å². The standard InChI is InChI=1S/C17H23N3O2.ClH/c1-12-15(4-2-10-18-12)19-17(22)13-6-8-14(9-7-13)20-11-3-5-16(20)21;/h6-9,12,15,18H,2-5,10-11H2,1H3,(H,19,22);1H. The minimum absolute atomic E-state index is 0. The van der Waals surface area contributed by atoms with E-state index in [2.05, 4.69) is 17.6 Å². The van der Waals surface area contributed by atoms with Crippen molar-refractivity contribution in [3.63, 3.8) is 0 Å². The lowest BCUT2D eigenvalue weighted by Gasteiger charge is -2.30. The first-order valence-corrected chi connectivity index (χ1v) is 8.10. The number of amides is 2. The topological polar surface area (TPSA) is 61.4 Å². The van der Waals surface area contributed by atoms with Crippen LogP contribution in [0.2, 0.25) is 0 Å². The number of carbonyl (C=O) groups excluding carboxylic acids is 2. The summed E-state index contributed by atoms with van der Waals surface area (Å²) in [6, 6.07) is 7.82. The van der Waals surface area contributed by atoms with Crippen molar-refractivity contribution in [3.05, 3.63) is 29.8 Å². The average Bonchev–Trinajstić information content (AvgIpc) is 2.96. The maximum atomic E-state index is 12.3. The molecule has 6 heteroatoms. The Kier molecular flexibility index (Phi) is 6.02. The Hall–Kier alpha value is -1.59. The van der Waals surface area contributed by atoms with Crippen LogP contribution in [0, 0.1) is 0 Å². The number of rotatable bonds is 3. The fourth-order valence-corrected chi connectivity index (χ4v) is 3.21. The monoisotopic (exact) mass is 337 g/mol. The number of hydrogen-bond donors (Lipinski definition) is 2. The quantitative estimate of drug-likeness (QED) is 0.888. The molecule has 2 aliphatic heterocycles. The van der Waals surface area contributed by atoms with E-state index in [1.54, 1.807) is 17.0 Å². The highest BCUT2D eigenvalue weighted by Crippen LogP contribution is 2.21. The van der Waals surface area contributed by atoms with Gasteiger partial charge < -0.3 is 15.5 Å². The predicted octanol–water partition coefficient (Wildman–Crippen LogP) is 2.11. The van der Waals surface area contributed by atoms with Gasteiger partial charge in [0.25, 0.3) is 5.91 Å². The predicted molar refractivity (Wildman–Crippen MR) is 93.2 cm³/mol. The maximum Gasteiger partial charge on any atom is 0.251 e. The number of piperidine rings is 1. The van der Waals surface area contributed by atoms with Gasteiger partial charge in [0.1, 0.15) is 0 Å². The fraction of sp³-hybridized carbons (Fsp3) is 0.529. The SMILES string of the molecule is CC1NCCCC1NC(=O)c1ccc(N2CCCC2=O)cc1.Cl. The van der Waals surface area contributed by atoms with Crippen molar-refractivity contribution in [1.82, 2.24) is 10.6 Å². The number of anilines is 1. The van der Waals surface area contributed by atoms with Crippen molar-refractivity contribution in [1.29, 1.82) is 0 Å². The fourth-order valence-electron chi connectivity index (χ4n) is 3.21. The molecule has 23 heavy (non-hydrogen) atoms. The molecule has 0 aromatic heterocycles. The lowest BCUT2D eigenvalue weighted by Crippen LogP contribution is -2.51. The minimum atomic E-state index is -0.0418. The summed E-state index contributed by atoms with van der Waals surface area (Å²) in [4.78, 5) is 25.9. The normalized spacial score (nSPS) is 24.2. The third-order valence-corrected chi connectivity index (χ3v) is 4.59. The van der Waals surface area contributed by atoms with Gasteiger partial charge in [0.2, 0.25) is 5.91 Å². The Bertz CT molecular complexity index is 561. The van der Waals surface area contributed by atoms with Crippen LogP contribution in [0.4, 0.5) is 5.69 Å². The zero-order valence-corrected chi connectivity index (χ0v) is 14.2. The van der Waals surface area contributed by atoms with E-state index in [1.807, 2.05) is 12.1 Å². The zero-order valence-electron chi connectivity index (χ0n) is 13.4. The van der Waals surface area contributed by atoms with Crippen LogP contribution in [0.5, 0.6) is 0 Å². The van der Waals surface area contributed by atoms with Gasteiger partial charge in [-0.2, -0.15) is 0 Å². The van der Waals surface area contributed by atoms with Crippen molar-refractivity contribution in [3.8, 4) is 0 Å². The Balaban J connectivity index is 0.00000192. The second-order valence-corrected chi connectivity index (χ2v) is 6.16. The molecule has 126 valence electrons. The molecule has 1 aromatic rings. The minimum Gasteiger partial charge on any atom is -0.348 e. The Morgan fingerprint density at radius 2 is 2.00 bits per heavy atom. The van der Waals surface area contributed by atoms with Gasteiger partial charge in [-0.25, -0.2) is 0 Å². The molecule has 2 amide bonds. The summed E-state index contributed by atoms with van der Waals surface area (Å²) in [5.41, 5.74) is 1.53. The molecule has 1 aromatic carbocycles. The van der Waals surface area contributed by atoms with Gasteiger partial charge in [0.05, 0.1) is 0 Å². The van der Waals surface area contributed by atoms with E-state index in [1.165, 1.54) is 0 Å². The van der Waals surface area contributed by atoms with Gasteiger partial charge in [-0.05, 0) is 57.0 Å². The van der Waals surface area contributed by atoms with Crippen molar-refractivity contribution < 1.29 is 9.59 Å². The number of nitrogens with one attached hydrogen (secondary N) is 2. The first-order chi connectivity index (χ1) is 10.6. The summed E-state index contributed by atoms with van der Waals surface area (Å²) in [6.45, 7) is 3.90. The van der Waals surface area contributed by atoms with E-state index in [0.717, 1.165) is 38.0 Å². The average molecular weight is 338 g/mol. The van der Waals surface area contributed by atoms with Gasteiger partial charge >= 0.3 is 0 Å². The number of nitrogens with zero attached hydrogens (tertiary/aromatic N) is 1. The molecule has 2 heterocycles. The Morgan fingerprint density at radius 3 is 2.61 bits per heavy atom. The van der Waals surface area contributed by atoms with E-state index in [-0.39, 0.29) is 30.3 Å². The van der Waals surface area contributed by atoms with Crippen molar-refractivity contribution >= 4 is 29.9 Å². The largest absolute Gasteiger partial charge is 0.348 e. The molecular weight excluding hydrogens is 314 g/mol. The molecule has 0 radical (unpaired) electrons. The highest BCUT2D eigenvalue weighted by molar-refractivity contribution is 5.97. The maximum absolute atomic E-state index is 12.3. The first-order valence-electron chi connectivity index (χ1n) is 8.10. The molecule has 3 rings (SSSR count). The number of carbonyl (C=O) groups is 2. The summed E-state index contributed by atoms with van der Waals surface area (Å²) in [5.74, 6) is 0.124. The van der Waals surface area contributed by atoms with Gasteiger partial charge in [-0.1, -0.05) is 0 Å². The van der Waals surface area contributed by atoms with Crippen LogP contribution in [0.15, 0.2) is 24.3 Å². The second-order valence-electron chi connectivity index (χ2n) is 6.16. The van der Waals surface area contributed by atoms with Gasteiger partial charge in [-0.3, -0.25) is 9.59 Å². The number of halogens is 1. The lowest BCUT2D eigenvalue weighted by molar-refractivity contribution is -0.117. The smallest absolute Gasteiger partial charge is 0.251 e. The third kappa shape index (κ3) is 4.03. The van der Waals surface area contributed by atoms with Gasteiger partial charge in [-0.15, -0.1) is 12.4 Å². The molecule has 0 bridgehead atoms. The number of hydrogen-bond acceptors (Lipinski definition) is 3. The second kappa shape index (κ2) is 7.79. The van der Waals surface area contributed by atoms with E-state index in [0.29, 0.717) is 18.0 Å². The Labute approximate surface area is 143 Å². The lowest BCUT2D eigenvalue weighted by atomic mass is 9.99. The molecule has 0 aliphatic carbocycles. The molecular formula is C17H24ClN3O2. The van der Waals surface area contributed by atoms with Crippen LogP contribution in [0.25, 0.3) is 0 Å². The molecule has 2 unspecified atom stereocenters. The molecule has 2 atom stereocenters. The molecule has 0 spiro atoms. The van der Waals surface area contributed by atoms with Crippen LogP contribution >= 0.6 is 12.4 Å². The summed E-state index contributed by atoms with van der Waals surface area (Å²) < 4.78 is 0. The third-order valence-electron chi connectivity index (χ3n) is 4.59. The Morgan fingerprint density at radius 1 is 1.26 bits per heavy atom. The summed E-state index contributed by atoms with van der Waals surface area (Å²) >= 11 is 0. The van der Waals surface area contributed by atoms with Crippen molar-refractivity contribution in [2.75, 3.05) is 18.0 Å². The van der Waals surface area contributed by atoms with E-state index >= 15 is 0 Å². The molecule has 2 N–H and O–H groups in total. The van der Waals surface area contributed by atoms with Crippen molar-refractivity contribution in [2.24, 2.45) is 0 Å². The van der Waals surface area contributed by atoms with E-state index in [4.69, 9.17) is 0 Å². The molecule has 5 nitrogen and oxygen atoms in total. The van der Waals surface area contributed by atoms with Crippen LogP contribution < -0.4 is 15.5 Å². The van der Waals surface area contributed by atoms with Crippen LogP contribution in [-0.4, -0.2) is 37.0 Å². The van der Waals surface area contributed by atoms with Crippen LogP contribution in [-0.2, 0) is 4.79 Å². The molecule has 2 fully saturated rings. The first kappa shape index (κ1) is 17.8. The van der Waals surface area contributed by atoms with E-state index in [9.17, 15) is 9.59 Å². The highest BCUT2D eigenvalue weighted by Gasteiger charge is 2.24. The number of benzene rings is 1. The van der Waals surface area contributed by atoms with Gasteiger partial charge in [0.15, 0.2) is 0 Å². The summed E-state index contributed by atoms with van der Waals surface area (Å²) in [5, 5.41) is 6.48.